The Kier molecular flexibility index (Phi) is 3.67. The second kappa shape index (κ2) is 5.23. The molecule has 0 unspecified atom stereocenters. The topological polar surface area (TPSA) is 55.0 Å². The van der Waals surface area contributed by atoms with E-state index in [0.717, 1.165) is 12.2 Å². The Morgan fingerprint density at radius 3 is 2.50 bits per heavy atom. The van der Waals surface area contributed by atoms with Gasteiger partial charge in [0.2, 0.25) is 0 Å². The first kappa shape index (κ1) is 12.6. The molecule has 0 bridgehead atoms. The van der Waals surface area contributed by atoms with Crippen LogP contribution >= 0.6 is 11.6 Å². The van der Waals surface area contributed by atoms with Crippen LogP contribution < -0.4 is 10.6 Å². The highest BCUT2D eigenvalue weighted by Gasteiger charge is 2.14. The first-order valence-corrected chi connectivity index (χ1v) is 6.11. The zero-order chi connectivity index (χ0) is 13.1. The SMILES string of the molecule is CCN(c1ccc(C)cc1)c1ncnc(Cl)c1N. The molecule has 0 saturated heterocycles. The number of nitrogen functional groups attached to an aromatic ring is 1. The molecule has 1 heterocycles. The van der Waals surface area contributed by atoms with Gasteiger partial charge in [-0.05, 0) is 26.0 Å². The molecule has 0 spiro atoms. The molecule has 2 aromatic rings. The standard InChI is InChI=1S/C13H15ClN4/c1-3-18(10-6-4-9(2)5-7-10)13-11(15)12(14)16-8-17-13/h4-8H,3,15H2,1-2H3. The summed E-state index contributed by atoms with van der Waals surface area (Å²) < 4.78 is 0. The lowest BCUT2D eigenvalue weighted by molar-refractivity contribution is 0.979. The van der Waals surface area contributed by atoms with Gasteiger partial charge >= 0.3 is 0 Å². The normalized spacial score (nSPS) is 10.4. The molecular formula is C13H15ClN4. The third-order valence-corrected chi connectivity index (χ3v) is 3.03. The van der Waals surface area contributed by atoms with Crippen molar-refractivity contribution >= 4 is 28.8 Å². The molecule has 0 atom stereocenters. The Hall–Kier alpha value is -1.81. The van der Waals surface area contributed by atoms with Crippen molar-refractivity contribution in [1.82, 2.24) is 9.97 Å². The first-order valence-electron chi connectivity index (χ1n) is 5.73. The van der Waals surface area contributed by atoms with Crippen LogP contribution in [0, 0.1) is 6.92 Å². The molecule has 0 radical (unpaired) electrons. The van der Waals surface area contributed by atoms with Gasteiger partial charge in [-0.3, -0.25) is 0 Å². The van der Waals surface area contributed by atoms with Crippen molar-refractivity contribution < 1.29 is 0 Å². The number of nitrogens with two attached hydrogens (primary N) is 1. The highest BCUT2D eigenvalue weighted by atomic mass is 35.5. The van der Waals surface area contributed by atoms with E-state index in [-0.39, 0.29) is 5.15 Å². The summed E-state index contributed by atoms with van der Waals surface area (Å²) in [6, 6.07) is 8.18. The number of aryl methyl sites for hydroxylation is 1. The molecule has 2 rings (SSSR count). The van der Waals surface area contributed by atoms with E-state index in [1.54, 1.807) is 0 Å². The maximum absolute atomic E-state index is 5.93. The molecule has 0 aliphatic heterocycles. The third kappa shape index (κ3) is 2.38. The fourth-order valence-corrected chi connectivity index (χ4v) is 1.89. The number of benzene rings is 1. The van der Waals surface area contributed by atoms with Crippen molar-refractivity contribution in [3.8, 4) is 0 Å². The van der Waals surface area contributed by atoms with Gasteiger partial charge in [0.05, 0.1) is 0 Å². The van der Waals surface area contributed by atoms with Gasteiger partial charge in [-0.1, -0.05) is 29.3 Å². The van der Waals surface area contributed by atoms with Crippen LogP contribution in [-0.4, -0.2) is 16.5 Å². The largest absolute Gasteiger partial charge is 0.393 e. The molecule has 0 fully saturated rings. The minimum Gasteiger partial charge on any atom is -0.393 e. The predicted molar refractivity (Wildman–Crippen MR) is 75.3 cm³/mol. The molecule has 2 N–H and O–H groups in total. The number of halogens is 1. The summed E-state index contributed by atoms with van der Waals surface area (Å²) in [5, 5.41) is 0.283. The third-order valence-electron chi connectivity index (χ3n) is 2.73. The number of hydrogen-bond donors (Lipinski definition) is 1. The zero-order valence-corrected chi connectivity index (χ0v) is 11.1. The summed E-state index contributed by atoms with van der Waals surface area (Å²) in [6.07, 6.45) is 1.42. The minimum atomic E-state index is 0.283. The zero-order valence-electron chi connectivity index (χ0n) is 10.4. The van der Waals surface area contributed by atoms with Crippen LogP contribution in [0.25, 0.3) is 0 Å². The van der Waals surface area contributed by atoms with E-state index in [1.165, 1.54) is 11.9 Å². The highest BCUT2D eigenvalue weighted by molar-refractivity contribution is 6.32. The van der Waals surface area contributed by atoms with Gasteiger partial charge in [0.25, 0.3) is 0 Å². The Morgan fingerprint density at radius 2 is 1.89 bits per heavy atom. The molecule has 0 aliphatic carbocycles. The molecule has 0 amide bonds. The minimum absolute atomic E-state index is 0.283. The van der Waals surface area contributed by atoms with E-state index in [0.29, 0.717) is 11.5 Å². The van der Waals surface area contributed by atoms with E-state index in [2.05, 4.69) is 29.0 Å². The van der Waals surface area contributed by atoms with E-state index >= 15 is 0 Å². The molecule has 0 saturated carbocycles. The van der Waals surface area contributed by atoms with Crippen molar-refractivity contribution in [1.29, 1.82) is 0 Å². The van der Waals surface area contributed by atoms with Crippen molar-refractivity contribution in [2.75, 3.05) is 17.2 Å². The summed E-state index contributed by atoms with van der Waals surface area (Å²) in [6.45, 7) is 4.84. The van der Waals surface area contributed by atoms with E-state index in [1.807, 2.05) is 24.0 Å². The summed E-state index contributed by atoms with van der Waals surface area (Å²) in [5.41, 5.74) is 8.58. The monoisotopic (exact) mass is 262 g/mol. The predicted octanol–water partition coefficient (Wildman–Crippen LogP) is 3.18. The Bertz CT molecular complexity index is 539. The van der Waals surface area contributed by atoms with Crippen LogP contribution in [0.5, 0.6) is 0 Å². The highest BCUT2D eigenvalue weighted by Crippen LogP contribution is 2.31. The quantitative estimate of drug-likeness (QED) is 0.863. The summed E-state index contributed by atoms with van der Waals surface area (Å²) >= 11 is 5.92. The average Bonchev–Trinajstić information content (AvgIpc) is 2.37. The average molecular weight is 263 g/mol. The number of aromatic nitrogens is 2. The molecule has 4 nitrogen and oxygen atoms in total. The van der Waals surface area contributed by atoms with Gasteiger partial charge in [0, 0.05) is 12.2 Å². The molecule has 94 valence electrons. The van der Waals surface area contributed by atoms with Crippen molar-refractivity contribution in [3.63, 3.8) is 0 Å². The van der Waals surface area contributed by atoms with Gasteiger partial charge in [0.15, 0.2) is 11.0 Å². The van der Waals surface area contributed by atoms with E-state index in [4.69, 9.17) is 17.3 Å². The molecular weight excluding hydrogens is 248 g/mol. The lowest BCUT2D eigenvalue weighted by atomic mass is 10.2. The number of hydrogen-bond acceptors (Lipinski definition) is 4. The maximum Gasteiger partial charge on any atom is 0.161 e. The van der Waals surface area contributed by atoms with Gasteiger partial charge in [0.1, 0.15) is 12.0 Å². The van der Waals surface area contributed by atoms with Crippen LogP contribution in [0.3, 0.4) is 0 Å². The van der Waals surface area contributed by atoms with Gasteiger partial charge < -0.3 is 10.6 Å². The van der Waals surface area contributed by atoms with E-state index in [9.17, 15) is 0 Å². The van der Waals surface area contributed by atoms with Gasteiger partial charge in [-0.25, -0.2) is 9.97 Å². The molecule has 1 aromatic heterocycles. The lowest BCUT2D eigenvalue weighted by Gasteiger charge is -2.23. The number of anilines is 3. The Balaban J connectivity index is 2.45. The summed E-state index contributed by atoms with van der Waals surface area (Å²) in [7, 11) is 0. The Labute approximate surface area is 111 Å². The van der Waals surface area contributed by atoms with Crippen LogP contribution in [0.2, 0.25) is 5.15 Å². The Morgan fingerprint density at radius 1 is 1.22 bits per heavy atom. The number of nitrogens with zero attached hydrogens (tertiary/aromatic N) is 3. The van der Waals surface area contributed by atoms with E-state index < -0.39 is 0 Å². The van der Waals surface area contributed by atoms with Crippen molar-refractivity contribution in [2.45, 2.75) is 13.8 Å². The number of rotatable bonds is 3. The smallest absolute Gasteiger partial charge is 0.161 e. The van der Waals surface area contributed by atoms with Crippen molar-refractivity contribution in [3.05, 3.63) is 41.3 Å². The molecule has 1 aromatic carbocycles. The second-order valence-electron chi connectivity index (χ2n) is 3.98. The van der Waals surface area contributed by atoms with Crippen molar-refractivity contribution in [2.24, 2.45) is 0 Å². The maximum atomic E-state index is 5.93. The van der Waals surface area contributed by atoms with Gasteiger partial charge in [-0.2, -0.15) is 0 Å². The fraction of sp³-hybridized carbons (Fsp3) is 0.231. The van der Waals surface area contributed by atoms with Crippen LogP contribution in [-0.2, 0) is 0 Å². The molecule has 18 heavy (non-hydrogen) atoms. The summed E-state index contributed by atoms with van der Waals surface area (Å²) in [4.78, 5) is 10.1. The van der Waals surface area contributed by atoms with Crippen LogP contribution in [0.1, 0.15) is 12.5 Å². The van der Waals surface area contributed by atoms with Crippen LogP contribution in [0.15, 0.2) is 30.6 Å². The fourth-order valence-electron chi connectivity index (χ4n) is 1.76. The lowest BCUT2D eigenvalue weighted by Crippen LogP contribution is -2.19. The van der Waals surface area contributed by atoms with Gasteiger partial charge in [-0.15, -0.1) is 0 Å². The summed E-state index contributed by atoms with van der Waals surface area (Å²) in [5.74, 6) is 0.640. The second-order valence-corrected chi connectivity index (χ2v) is 4.34. The molecule has 0 aliphatic rings. The first-order chi connectivity index (χ1) is 8.63. The molecule has 5 heteroatoms. The van der Waals surface area contributed by atoms with Crippen LogP contribution in [0.4, 0.5) is 17.2 Å².